The summed E-state index contributed by atoms with van der Waals surface area (Å²) >= 11 is 6.08. The summed E-state index contributed by atoms with van der Waals surface area (Å²) < 4.78 is 15.7. The maximum Gasteiger partial charge on any atom is 0.323 e. The first-order chi connectivity index (χ1) is 15.9. The van der Waals surface area contributed by atoms with Crippen LogP contribution in [-0.2, 0) is 0 Å². The molecule has 2 atom stereocenters. The van der Waals surface area contributed by atoms with Gasteiger partial charge in [-0.15, -0.1) is 0 Å². The number of aromatic nitrogens is 3. The van der Waals surface area contributed by atoms with E-state index in [0.29, 0.717) is 27.4 Å². The summed E-state index contributed by atoms with van der Waals surface area (Å²) in [7, 11) is 0. The second-order valence-electron chi connectivity index (χ2n) is 7.89. The molecule has 33 heavy (non-hydrogen) atoms. The van der Waals surface area contributed by atoms with Gasteiger partial charge in [0.1, 0.15) is 12.0 Å². The van der Waals surface area contributed by atoms with E-state index in [9.17, 15) is 14.0 Å². The van der Waals surface area contributed by atoms with Gasteiger partial charge < -0.3 is 20.9 Å². The van der Waals surface area contributed by atoms with Crippen molar-refractivity contribution in [2.75, 3.05) is 11.9 Å². The lowest BCUT2D eigenvalue weighted by Crippen LogP contribution is -2.35. The van der Waals surface area contributed by atoms with Crippen LogP contribution in [0.3, 0.4) is 0 Å². The van der Waals surface area contributed by atoms with E-state index in [4.69, 9.17) is 17.3 Å². The van der Waals surface area contributed by atoms with Gasteiger partial charge in [0.2, 0.25) is 0 Å². The van der Waals surface area contributed by atoms with Gasteiger partial charge in [0.25, 0.3) is 0 Å². The number of carbonyl (C=O) groups excluding carboxylic acids is 2. The number of para-hydroxylation sites is 1. The van der Waals surface area contributed by atoms with E-state index in [1.807, 2.05) is 12.1 Å². The Morgan fingerprint density at radius 1 is 1.21 bits per heavy atom. The van der Waals surface area contributed by atoms with Gasteiger partial charge in [0, 0.05) is 28.6 Å². The van der Waals surface area contributed by atoms with Crippen LogP contribution >= 0.6 is 11.6 Å². The Bertz CT molecular complexity index is 1370. The molecule has 0 saturated carbocycles. The predicted molar refractivity (Wildman–Crippen MR) is 124 cm³/mol. The van der Waals surface area contributed by atoms with Crippen molar-refractivity contribution in [3.8, 4) is 11.3 Å². The van der Waals surface area contributed by atoms with Crippen molar-refractivity contribution in [2.24, 2.45) is 5.73 Å². The molecule has 4 aromatic rings. The van der Waals surface area contributed by atoms with Crippen LogP contribution in [0.5, 0.6) is 0 Å². The summed E-state index contributed by atoms with van der Waals surface area (Å²) in [5, 5.41) is 4.04. The van der Waals surface area contributed by atoms with Crippen LogP contribution in [0.2, 0.25) is 5.02 Å². The second kappa shape index (κ2) is 8.25. The number of fused-ring (bicyclic) bond motifs is 1. The lowest BCUT2D eigenvalue weighted by atomic mass is 10.2. The van der Waals surface area contributed by atoms with Gasteiger partial charge in [-0.3, -0.25) is 4.57 Å². The van der Waals surface area contributed by atoms with Crippen molar-refractivity contribution >= 4 is 40.3 Å². The zero-order chi connectivity index (χ0) is 23.1. The molecule has 4 N–H and O–H groups in total. The van der Waals surface area contributed by atoms with E-state index >= 15 is 0 Å². The smallest absolute Gasteiger partial charge is 0.323 e. The minimum absolute atomic E-state index is 0.0713. The van der Waals surface area contributed by atoms with Gasteiger partial charge in [-0.25, -0.2) is 19.0 Å². The van der Waals surface area contributed by atoms with E-state index in [-0.39, 0.29) is 13.0 Å². The van der Waals surface area contributed by atoms with Crippen LogP contribution in [0, 0.1) is 0 Å². The SMILES string of the molecule is NC(=O)n1cc(NC(=O)N2C[C@H](F)C[C@H]2c2ncc(-c3cccc(Cl)c3)[nH]2)c2ccccc21. The number of benzene rings is 2. The molecule has 2 aromatic heterocycles. The third kappa shape index (κ3) is 3.91. The molecule has 0 radical (unpaired) electrons. The number of nitrogens with one attached hydrogen (secondary N) is 2. The highest BCUT2D eigenvalue weighted by Crippen LogP contribution is 2.35. The number of urea groups is 1. The van der Waals surface area contributed by atoms with E-state index in [1.54, 1.807) is 42.6 Å². The Hall–Kier alpha value is -3.85. The number of likely N-dealkylation sites (tertiary alicyclic amines) is 1. The van der Waals surface area contributed by atoms with Gasteiger partial charge in [-0.1, -0.05) is 41.9 Å². The average molecular weight is 467 g/mol. The van der Waals surface area contributed by atoms with Crippen LogP contribution in [0.25, 0.3) is 22.2 Å². The molecule has 3 amide bonds. The third-order valence-electron chi connectivity index (χ3n) is 5.75. The fraction of sp³-hybridized carbons (Fsp3) is 0.174. The number of imidazole rings is 1. The normalized spacial score (nSPS) is 18.1. The van der Waals surface area contributed by atoms with Crippen LogP contribution in [0.15, 0.2) is 60.9 Å². The number of primary amides is 1. The molecule has 1 saturated heterocycles. The standard InChI is InChI=1S/C23H20ClFN6O2/c24-14-5-3-4-13(8-14)17-10-27-21(28-17)20-9-15(25)11-31(20)23(33)29-18-12-30(22(26)32)19-7-2-1-6-16(18)19/h1-8,10,12,15,20H,9,11H2,(H2,26,32)(H,27,28)(H,29,33)/t15-,20+/m1/s1. The van der Waals surface area contributed by atoms with Gasteiger partial charge in [0.15, 0.2) is 0 Å². The largest absolute Gasteiger partial charge is 0.351 e. The number of carbonyl (C=O) groups is 2. The summed E-state index contributed by atoms with van der Waals surface area (Å²) in [4.78, 5) is 33.9. The maximum atomic E-state index is 14.4. The van der Waals surface area contributed by atoms with Crippen molar-refractivity contribution in [2.45, 2.75) is 18.6 Å². The van der Waals surface area contributed by atoms with Crippen molar-refractivity contribution in [1.29, 1.82) is 0 Å². The minimum Gasteiger partial charge on any atom is -0.351 e. The summed E-state index contributed by atoms with van der Waals surface area (Å²) in [5.74, 6) is 0.486. The average Bonchev–Trinajstić information content (AvgIpc) is 3.51. The second-order valence-corrected chi connectivity index (χ2v) is 8.33. The van der Waals surface area contributed by atoms with Crippen molar-refractivity contribution < 1.29 is 14.0 Å². The minimum atomic E-state index is -1.19. The highest BCUT2D eigenvalue weighted by Gasteiger charge is 2.38. The highest BCUT2D eigenvalue weighted by molar-refractivity contribution is 6.30. The molecule has 10 heteroatoms. The fourth-order valence-electron chi connectivity index (χ4n) is 4.23. The van der Waals surface area contributed by atoms with Crippen molar-refractivity contribution in [3.05, 3.63) is 71.8 Å². The lowest BCUT2D eigenvalue weighted by Gasteiger charge is -2.23. The number of H-pyrrole nitrogens is 1. The van der Waals surface area contributed by atoms with E-state index in [0.717, 1.165) is 11.3 Å². The van der Waals surface area contributed by atoms with Gasteiger partial charge in [-0.2, -0.15) is 0 Å². The molecule has 0 aliphatic carbocycles. The lowest BCUT2D eigenvalue weighted by molar-refractivity contribution is 0.202. The van der Waals surface area contributed by atoms with Gasteiger partial charge >= 0.3 is 12.1 Å². The summed E-state index contributed by atoms with van der Waals surface area (Å²) in [6.45, 7) is -0.0713. The maximum absolute atomic E-state index is 14.4. The number of amides is 3. The van der Waals surface area contributed by atoms with E-state index in [1.165, 1.54) is 15.7 Å². The number of aromatic amines is 1. The molecule has 1 aliphatic rings. The molecule has 1 aliphatic heterocycles. The first kappa shape index (κ1) is 21.0. The Kier molecular flexibility index (Phi) is 5.26. The molecular weight excluding hydrogens is 447 g/mol. The van der Waals surface area contributed by atoms with Crippen LogP contribution in [-0.4, -0.2) is 44.2 Å². The molecular formula is C23H20ClFN6O2. The summed E-state index contributed by atoms with van der Waals surface area (Å²) in [5.41, 5.74) is 7.99. The van der Waals surface area contributed by atoms with Gasteiger partial charge in [0.05, 0.1) is 35.7 Å². The number of halogens is 2. The number of rotatable bonds is 3. The van der Waals surface area contributed by atoms with Crippen LogP contribution in [0.1, 0.15) is 18.3 Å². The Labute approximate surface area is 193 Å². The molecule has 0 spiro atoms. The molecule has 168 valence electrons. The fourth-order valence-corrected chi connectivity index (χ4v) is 4.42. The molecule has 0 bridgehead atoms. The zero-order valence-electron chi connectivity index (χ0n) is 17.3. The first-order valence-corrected chi connectivity index (χ1v) is 10.7. The summed E-state index contributed by atoms with van der Waals surface area (Å²) in [6.07, 6.45) is 2.04. The predicted octanol–water partition coefficient (Wildman–Crippen LogP) is 4.93. The van der Waals surface area contributed by atoms with Crippen LogP contribution in [0.4, 0.5) is 19.7 Å². The number of anilines is 1. The van der Waals surface area contributed by atoms with Crippen LogP contribution < -0.4 is 11.1 Å². The highest BCUT2D eigenvalue weighted by atomic mass is 35.5. The molecule has 5 rings (SSSR count). The number of nitrogens with two attached hydrogens (primary N) is 1. The first-order valence-electron chi connectivity index (χ1n) is 10.3. The Balaban J connectivity index is 1.42. The van der Waals surface area contributed by atoms with Gasteiger partial charge in [-0.05, 0) is 18.2 Å². The number of hydrogen-bond donors (Lipinski definition) is 3. The van der Waals surface area contributed by atoms with E-state index < -0.39 is 24.3 Å². The van der Waals surface area contributed by atoms with Crippen molar-refractivity contribution in [1.82, 2.24) is 19.4 Å². The molecule has 8 nitrogen and oxygen atoms in total. The van der Waals surface area contributed by atoms with E-state index in [2.05, 4.69) is 15.3 Å². The molecule has 2 aromatic carbocycles. The zero-order valence-corrected chi connectivity index (χ0v) is 18.1. The Morgan fingerprint density at radius 3 is 2.82 bits per heavy atom. The Morgan fingerprint density at radius 2 is 2.03 bits per heavy atom. The third-order valence-corrected chi connectivity index (χ3v) is 5.98. The number of hydrogen-bond acceptors (Lipinski definition) is 3. The monoisotopic (exact) mass is 466 g/mol. The quantitative estimate of drug-likeness (QED) is 0.398. The number of alkyl halides is 1. The molecule has 1 fully saturated rings. The molecule has 3 heterocycles. The number of nitrogens with zero attached hydrogens (tertiary/aromatic N) is 3. The van der Waals surface area contributed by atoms with Crippen molar-refractivity contribution in [3.63, 3.8) is 0 Å². The molecule has 0 unspecified atom stereocenters. The summed E-state index contributed by atoms with van der Waals surface area (Å²) in [6, 6.07) is 12.6. The topological polar surface area (TPSA) is 109 Å².